The molecule has 0 bridgehead atoms. The molecule has 15 heavy (non-hydrogen) atoms. The molecule has 0 fully saturated rings. The van der Waals surface area contributed by atoms with Gasteiger partial charge in [-0.05, 0) is 24.3 Å². The third kappa shape index (κ3) is 3.38. The summed E-state index contributed by atoms with van der Waals surface area (Å²) in [5.74, 6) is 0.735. The molecule has 0 spiro atoms. The van der Waals surface area contributed by atoms with Crippen molar-refractivity contribution in [3.63, 3.8) is 0 Å². The van der Waals surface area contributed by atoms with Crippen LogP contribution >= 0.6 is 0 Å². The Labute approximate surface area is 88.5 Å². The molecule has 0 aliphatic carbocycles. The van der Waals surface area contributed by atoms with Crippen molar-refractivity contribution in [3.8, 4) is 5.75 Å². The zero-order valence-electron chi connectivity index (χ0n) is 8.75. The van der Waals surface area contributed by atoms with E-state index in [4.69, 9.17) is 4.74 Å². The Hall–Kier alpha value is -1.32. The minimum atomic E-state index is -0.480. The van der Waals surface area contributed by atoms with Gasteiger partial charge in [-0.3, -0.25) is 0 Å². The topological polar surface area (TPSA) is 12.5 Å². The highest BCUT2D eigenvalue weighted by molar-refractivity contribution is 5.49. The molecule has 0 aliphatic rings. The number of alkyl halides is 2. The molecule has 84 valence electrons. The van der Waals surface area contributed by atoms with Gasteiger partial charge in [0.1, 0.15) is 19.1 Å². The maximum Gasteiger partial charge on any atom is 0.119 e. The second-order valence-corrected chi connectivity index (χ2v) is 3.06. The number of nitrogens with zero attached hydrogens (tertiary/aromatic N) is 1. The molecule has 1 rings (SSSR count). The third-order valence-corrected chi connectivity index (χ3v) is 2.15. The van der Waals surface area contributed by atoms with Gasteiger partial charge in [-0.2, -0.15) is 0 Å². The summed E-state index contributed by atoms with van der Waals surface area (Å²) in [5, 5.41) is 0. The van der Waals surface area contributed by atoms with Gasteiger partial charge in [-0.1, -0.05) is 0 Å². The van der Waals surface area contributed by atoms with Crippen LogP contribution in [-0.4, -0.2) is 33.5 Å². The number of rotatable bonds is 6. The fourth-order valence-electron chi connectivity index (χ4n) is 1.37. The van der Waals surface area contributed by atoms with Crippen molar-refractivity contribution in [2.45, 2.75) is 0 Å². The fourth-order valence-corrected chi connectivity index (χ4v) is 1.37. The molecule has 1 aromatic rings. The van der Waals surface area contributed by atoms with Crippen LogP contribution in [0.4, 0.5) is 14.5 Å². The van der Waals surface area contributed by atoms with E-state index in [1.54, 1.807) is 36.3 Å². The highest BCUT2D eigenvalue weighted by atomic mass is 19.1. The number of ether oxygens (including phenoxy) is 1. The Balaban J connectivity index is 2.72. The molecular formula is C11H15F2NO. The van der Waals surface area contributed by atoms with Crippen LogP contribution in [0.25, 0.3) is 0 Å². The van der Waals surface area contributed by atoms with Crippen LogP contribution < -0.4 is 9.64 Å². The molecule has 0 heterocycles. The smallest absolute Gasteiger partial charge is 0.119 e. The van der Waals surface area contributed by atoms with Crippen LogP contribution in [0.2, 0.25) is 0 Å². The van der Waals surface area contributed by atoms with Gasteiger partial charge < -0.3 is 9.64 Å². The van der Waals surface area contributed by atoms with Crippen molar-refractivity contribution in [2.75, 3.05) is 38.4 Å². The van der Waals surface area contributed by atoms with Crippen molar-refractivity contribution in [1.29, 1.82) is 0 Å². The average Bonchev–Trinajstić information content (AvgIpc) is 2.29. The lowest BCUT2D eigenvalue weighted by Crippen LogP contribution is -2.27. The third-order valence-electron chi connectivity index (χ3n) is 2.15. The molecule has 0 unspecified atom stereocenters. The fraction of sp³-hybridized carbons (Fsp3) is 0.455. The van der Waals surface area contributed by atoms with E-state index < -0.39 is 13.3 Å². The minimum absolute atomic E-state index is 0.219. The first-order valence-corrected chi connectivity index (χ1v) is 4.82. The molecule has 0 radical (unpaired) electrons. The normalized spacial score (nSPS) is 10.1. The predicted molar refractivity (Wildman–Crippen MR) is 57.2 cm³/mol. The molecule has 0 aromatic heterocycles. The molecule has 0 amide bonds. The van der Waals surface area contributed by atoms with Crippen molar-refractivity contribution in [2.24, 2.45) is 0 Å². The Morgan fingerprint density at radius 1 is 1.07 bits per heavy atom. The highest BCUT2D eigenvalue weighted by Crippen LogP contribution is 2.18. The number of hydrogen-bond donors (Lipinski definition) is 0. The Morgan fingerprint density at radius 2 is 1.60 bits per heavy atom. The van der Waals surface area contributed by atoms with Crippen molar-refractivity contribution >= 4 is 5.69 Å². The lowest BCUT2D eigenvalue weighted by atomic mass is 10.2. The van der Waals surface area contributed by atoms with E-state index in [0.29, 0.717) is 0 Å². The molecule has 0 N–H and O–H groups in total. The quantitative estimate of drug-likeness (QED) is 0.722. The summed E-state index contributed by atoms with van der Waals surface area (Å²) in [7, 11) is 1.58. The van der Waals surface area contributed by atoms with Gasteiger partial charge in [0.05, 0.1) is 7.11 Å². The van der Waals surface area contributed by atoms with Crippen molar-refractivity contribution in [1.82, 2.24) is 0 Å². The van der Waals surface area contributed by atoms with E-state index in [1.807, 2.05) is 0 Å². The van der Waals surface area contributed by atoms with E-state index in [1.165, 1.54) is 0 Å². The maximum atomic E-state index is 12.2. The van der Waals surface area contributed by atoms with Crippen LogP contribution in [-0.2, 0) is 0 Å². The van der Waals surface area contributed by atoms with Gasteiger partial charge in [0.2, 0.25) is 0 Å². The summed E-state index contributed by atoms with van der Waals surface area (Å²) in [6.45, 7) is -0.523. The lowest BCUT2D eigenvalue weighted by molar-refractivity contribution is 0.414. The van der Waals surface area contributed by atoms with E-state index in [-0.39, 0.29) is 13.1 Å². The second-order valence-electron chi connectivity index (χ2n) is 3.06. The number of anilines is 1. The first-order chi connectivity index (χ1) is 7.31. The van der Waals surface area contributed by atoms with Gasteiger partial charge in [0, 0.05) is 18.8 Å². The summed E-state index contributed by atoms with van der Waals surface area (Å²) in [4.78, 5) is 1.67. The maximum absolute atomic E-state index is 12.2. The highest BCUT2D eigenvalue weighted by Gasteiger charge is 2.05. The van der Waals surface area contributed by atoms with E-state index in [0.717, 1.165) is 11.4 Å². The molecule has 0 saturated carbocycles. The first kappa shape index (κ1) is 11.8. The van der Waals surface area contributed by atoms with E-state index in [2.05, 4.69) is 0 Å². The number of halogens is 2. The van der Waals surface area contributed by atoms with Gasteiger partial charge >= 0.3 is 0 Å². The monoisotopic (exact) mass is 215 g/mol. The summed E-state index contributed by atoms with van der Waals surface area (Å²) in [5.41, 5.74) is 0.811. The zero-order valence-corrected chi connectivity index (χ0v) is 8.75. The Morgan fingerprint density at radius 3 is 2.00 bits per heavy atom. The lowest BCUT2D eigenvalue weighted by Gasteiger charge is -2.22. The summed E-state index contributed by atoms with van der Waals surface area (Å²) in [6.07, 6.45) is 0. The molecule has 0 saturated heterocycles. The van der Waals surface area contributed by atoms with Crippen molar-refractivity contribution < 1.29 is 13.5 Å². The number of methoxy groups -OCH3 is 1. The van der Waals surface area contributed by atoms with Crippen LogP contribution in [0, 0.1) is 0 Å². The van der Waals surface area contributed by atoms with Crippen LogP contribution in [0.15, 0.2) is 24.3 Å². The van der Waals surface area contributed by atoms with Crippen LogP contribution in [0.3, 0.4) is 0 Å². The molecule has 2 nitrogen and oxygen atoms in total. The van der Waals surface area contributed by atoms with Gasteiger partial charge in [0.25, 0.3) is 0 Å². The van der Waals surface area contributed by atoms with Crippen molar-refractivity contribution in [3.05, 3.63) is 24.3 Å². The minimum Gasteiger partial charge on any atom is -0.497 e. The molecule has 1 aromatic carbocycles. The van der Waals surface area contributed by atoms with Crippen LogP contribution in [0.1, 0.15) is 0 Å². The van der Waals surface area contributed by atoms with Gasteiger partial charge in [-0.15, -0.1) is 0 Å². The first-order valence-electron chi connectivity index (χ1n) is 4.82. The summed E-state index contributed by atoms with van der Waals surface area (Å²) >= 11 is 0. The number of benzene rings is 1. The Bertz CT molecular complexity index is 270. The molecular weight excluding hydrogens is 200 g/mol. The predicted octanol–water partition coefficient (Wildman–Crippen LogP) is 2.44. The van der Waals surface area contributed by atoms with Gasteiger partial charge in [-0.25, -0.2) is 8.78 Å². The summed E-state index contributed by atoms with van der Waals surface area (Å²) in [6, 6.07) is 7.14. The second kappa shape index (κ2) is 6.22. The molecule has 0 aliphatic heterocycles. The number of hydrogen-bond acceptors (Lipinski definition) is 2. The summed E-state index contributed by atoms with van der Waals surface area (Å²) < 4.78 is 29.4. The van der Waals surface area contributed by atoms with Gasteiger partial charge in [0.15, 0.2) is 0 Å². The van der Waals surface area contributed by atoms with E-state index >= 15 is 0 Å². The molecule has 0 atom stereocenters. The van der Waals surface area contributed by atoms with E-state index in [9.17, 15) is 8.78 Å². The average molecular weight is 215 g/mol. The molecule has 4 heteroatoms. The standard InChI is InChI=1S/C11H15F2NO/c1-15-11-4-2-10(3-5-11)14(8-6-12)9-7-13/h2-5H,6-9H2,1H3. The SMILES string of the molecule is COc1ccc(N(CCF)CCF)cc1. The van der Waals surface area contributed by atoms with Crippen LogP contribution in [0.5, 0.6) is 5.75 Å². The zero-order chi connectivity index (χ0) is 11.1. The largest absolute Gasteiger partial charge is 0.497 e. The Kier molecular flexibility index (Phi) is 4.87.